The molecule has 0 amide bonds. The van der Waals surface area contributed by atoms with Gasteiger partial charge in [-0.15, -0.1) is 0 Å². The predicted octanol–water partition coefficient (Wildman–Crippen LogP) is 7.45. The lowest BCUT2D eigenvalue weighted by atomic mass is 10.0. The van der Waals surface area contributed by atoms with Crippen molar-refractivity contribution in [3.05, 3.63) is 0 Å². The Morgan fingerprint density at radius 3 is 1.43 bits per heavy atom. The molecule has 0 heterocycles. The second-order valence-electron chi connectivity index (χ2n) is 6.55. The normalized spacial score (nSPS) is 20.9. The molecule has 2 aliphatic rings. The van der Waals surface area contributed by atoms with Crippen LogP contribution in [0.3, 0.4) is 0 Å². The third-order valence-electron chi connectivity index (χ3n) is 4.51. The molecular formula is C17H32O2S4. The number of hydrogen-bond acceptors (Lipinski definition) is 6. The highest BCUT2D eigenvalue weighted by molar-refractivity contribution is 8.08. The Bertz CT molecular complexity index is 243. The summed E-state index contributed by atoms with van der Waals surface area (Å²) in [4.78, 5) is 0. The van der Waals surface area contributed by atoms with E-state index in [1.807, 2.05) is 0 Å². The van der Waals surface area contributed by atoms with Crippen LogP contribution in [0.15, 0.2) is 0 Å². The Morgan fingerprint density at radius 2 is 1.00 bits per heavy atom. The fourth-order valence-electron chi connectivity index (χ4n) is 3.06. The number of rotatable bonds is 12. The van der Waals surface area contributed by atoms with E-state index < -0.39 is 0 Å². The Hall–Kier alpha value is 1.32. The second-order valence-corrected chi connectivity index (χ2v) is 10.6. The van der Waals surface area contributed by atoms with E-state index in [1.54, 1.807) is 48.2 Å². The topological polar surface area (TPSA) is 18.5 Å². The smallest absolute Gasteiger partial charge is 0.0324 e. The standard InChI is InChI=1S/C17H32O2S4/c1-4-10-16(11-5-1)22-18-20-14-8-3-9-15-21-19-23-17-12-6-2-7-13-17/h16-17H,1-15H2. The monoisotopic (exact) mass is 396 g/mol. The maximum atomic E-state index is 5.69. The fourth-order valence-corrected chi connectivity index (χ4v) is 6.63. The van der Waals surface area contributed by atoms with Crippen LogP contribution in [-0.2, 0) is 7.26 Å². The Balaban J connectivity index is 1.26. The van der Waals surface area contributed by atoms with Crippen LogP contribution in [0, 0.1) is 0 Å². The van der Waals surface area contributed by atoms with E-state index in [9.17, 15) is 0 Å². The highest BCUT2D eigenvalue weighted by atomic mass is 32.2. The summed E-state index contributed by atoms with van der Waals surface area (Å²) in [5.41, 5.74) is 0. The molecule has 0 spiro atoms. The SMILES string of the molecule is C(CCSOSC1CCCCC1)CCSOSC1CCCCC1. The summed E-state index contributed by atoms with van der Waals surface area (Å²) in [6, 6.07) is 0. The van der Waals surface area contributed by atoms with Crippen LogP contribution in [0.5, 0.6) is 0 Å². The first-order valence-corrected chi connectivity index (χ1v) is 12.8. The summed E-state index contributed by atoms with van der Waals surface area (Å²) in [6.07, 6.45) is 17.6. The van der Waals surface area contributed by atoms with Crippen molar-refractivity contribution >= 4 is 48.2 Å². The summed E-state index contributed by atoms with van der Waals surface area (Å²) in [7, 11) is 0. The van der Waals surface area contributed by atoms with Gasteiger partial charge >= 0.3 is 0 Å². The van der Waals surface area contributed by atoms with Crippen molar-refractivity contribution in [1.82, 2.24) is 0 Å². The molecule has 6 heteroatoms. The average molecular weight is 397 g/mol. The Morgan fingerprint density at radius 1 is 0.565 bits per heavy atom. The molecule has 2 rings (SSSR count). The largest absolute Gasteiger partial charge is 0.247 e. The van der Waals surface area contributed by atoms with Crippen LogP contribution in [0.4, 0.5) is 0 Å². The molecule has 23 heavy (non-hydrogen) atoms. The van der Waals surface area contributed by atoms with Gasteiger partial charge in [-0.25, -0.2) is 7.26 Å². The Labute approximate surface area is 160 Å². The molecular weight excluding hydrogens is 364 g/mol. The maximum Gasteiger partial charge on any atom is 0.0324 e. The van der Waals surface area contributed by atoms with Gasteiger partial charge in [0, 0.05) is 70.2 Å². The molecule has 0 bridgehead atoms. The molecule has 0 aromatic rings. The predicted molar refractivity (Wildman–Crippen MR) is 110 cm³/mol. The van der Waals surface area contributed by atoms with Gasteiger partial charge in [0.15, 0.2) is 0 Å². The molecule has 0 saturated heterocycles. The van der Waals surface area contributed by atoms with Crippen LogP contribution >= 0.6 is 48.2 Å². The van der Waals surface area contributed by atoms with Crippen molar-refractivity contribution in [2.45, 2.75) is 94.0 Å². The van der Waals surface area contributed by atoms with Gasteiger partial charge in [-0.2, -0.15) is 0 Å². The lowest BCUT2D eigenvalue weighted by molar-refractivity contribution is 0.507. The molecule has 0 radical (unpaired) electrons. The van der Waals surface area contributed by atoms with Crippen molar-refractivity contribution in [3.8, 4) is 0 Å². The summed E-state index contributed by atoms with van der Waals surface area (Å²) >= 11 is 6.75. The van der Waals surface area contributed by atoms with Crippen LogP contribution in [-0.4, -0.2) is 22.0 Å². The molecule has 2 aliphatic carbocycles. The van der Waals surface area contributed by atoms with Crippen LogP contribution in [0.1, 0.15) is 83.5 Å². The fraction of sp³-hybridized carbons (Fsp3) is 1.00. The quantitative estimate of drug-likeness (QED) is 0.250. The zero-order valence-electron chi connectivity index (χ0n) is 14.2. The highest BCUT2D eigenvalue weighted by Gasteiger charge is 2.15. The minimum atomic E-state index is 0.756. The zero-order valence-corrected chi connectivity index (χ0v) is 17.5. The van der Waals surface area contributed by atoms with E-state index in [1.165, 1.54) is 83.5 Å². The van der Waals surface area contributed by atoms with Gasteiger partial charge < -0.3 is 0 Å². The van der Waals surface area contributed by atoms with E-state index in [0.29, 0.717) is 0 Å². The summed E-state index contributed by atoms with van der Waals surface area (Å²) in [5, 5.41) is 1.51. The highest BCUT2D eigenvalue weighted by Crippen LogP contribution is 2.32. The molecule has 2 fully saturated rings. The summed E-state index contributed by atoms with van der Waals surface area (Å²) in [5.74, 6) is 2.25. The lowest BCUT2D eigenvalue weighted by Crippen LogP contribution is -2.07. The van der Waals surface area contributed by atoms with Gasteiger partial charge in [-0.05, 0) is 38.5 Å². The molecule has 0 aromatic carbocycles. The van der Waals surface area contributed by atoms with E-state index in [-0.39, 0.29) is 0 Å². The van der Waals surface area contributed by atoms with Crippen molar-refractivity contribution in [3.63, 3.8) is 0 Å². The lowest BCUT2D eigenvalue weighted by Gasteiger charge is -2.19. The van der Waals surface area contributed by atoms with Gasteiger partial charge in [0.2, 0.25) is 0 Å². The molecule has 2 saturated carbocycles. The number of unbranched alkanes of at least 4 members (excludes halogenated alkanes) is 2. The minimum absolute atomic E-state index is 0.756. The third-order valence-corrected chi connectivity index (χ3v) is 8.30. The first-order chi connectivity index (χ1) is 11.4. The molecule has 2 nitrogen and oxygen atoms in total. The second kappa shape index (κ2) is 14.5. The maximum absolute atomic E-state index is 5.69. The van der Waals surface area contributed by atoms with Gasteiger partial charge in [0.1, 0.15) is 0 Å². The number of hydrogen-bond donors (Lipinski definition) is 0. The zero-order chi connectivity index (χ0) is 16.0. The molecule has 0 N–H and O–H groups in total. The van der Waals surface area contributed by atoms with Crippen LogP contribution in [0.25, 0.3) is 0 Å². The van der Waals surface area contributed by atoms with Crippen molar-refractivity contribution < 1.29 is 7.26 Å². The first kappa shape index (κ1) is 20.6. The summed E-state index contributed by atoms with van der Waals surface area (Å²) < 4.78 is 11.4. The van der Waals surface area contributed by atoms with Gasteiger partial charge in [-0.1, -0.05) is 44.9 Å². The van der Waals surface area contributed by atoms with Crippen molar-refractivity contribution in [2.75, 3.05) is 11.5 Å². The molecule has 0 atom stereocenters. The molecule has 0 aromatic heterocycles. The molecule has 136 valence electrons. The minimum Gasteiger partial charge on any atom is -0.247 e. The van der Waals surface area contributed by atoms with Gasteiger partial charge in [0.05, 0.1) is 0 Å². The average Bonchev–Trinajstić information content (AvgIpc) is 2.61. The van der Waals surface area contributed by atoms with Crippen molar-refractivity contribution in [2.24, 2.45) is 0 Å². The Kier molecular flexibility index (Phi) is 13.0. The van der Waals surface area contributed by atoms with E-state index in [0.717, 1.165) is 22.0 Å². The first-order valence-electron chi connectivity index (χ1n) is 9.35. The van der Waals surface area contributed by atoms with E-state index in [2.05, 4.69) is 0 Å². The van der Waals surface area contributed by atoms with E-state index >= 15 is 0 Å². The van der Waals surface area contributed by atoms with Crippen LogP contribution < -0.4 is 0 Å². The molecule has 0 aliphatic heterocycles. The third kappa shape index (κ3) is 10.8. The van der Waals surface area contributed by atoms with Gasteiger partial charge in [0.25, 0.3) is 0 Å². The van der Waals surface area contributed by atoms with Crippen LogP contribution in [0.2, 0.25) is 0 Å². The molecule has 0 unspecified atom stereocenters. The van der Waals surface area contributed by atoms with E-state index in [4.69, 9.17) is 7.26 Å². The van der Waals surface area contributed by atoms with Gasteiger partial charge in [-0.3, -0.25) is 0 Å². The summed E-state index contributed by atoms with van der Waals surface area (Å²) in [6.45, 7) is 0. The van der Waals surface area contributed by atoms with Crippen molar-refractivity contribution in [1.29, 1.82) is 0 Å².